The van der Waals surface area contributed by atoms with Gasteiger partial charge in [0, 0.05) is 32.9 Å². The Balaban J connectivity index is 1.95. The number of aromatic nitrogens is 1. The lowest BCUT2D eigenvalue weighted by atomic mass is 10.2. The van der Waals surface area contributed by atoms with Gasteiger partial charge in [-0.25, -0.2) is 8.42 Å². The second kappa shape index (κ2) is 12.8. The maximum Gasteiger partial charge on any atom is 0.279 e. The first-order valence-corrected chi connectivity index (χ1v) is 13.5. The van der Waals surface area contributed by atoms with E-state index < -0.39 is 15.9 Å². The van der Waals surface area contributed by atoms with Gasteiger partial charge in [0.15, 0.2) is 4.80 Å². The van der Waals surface area contributed by atoms with Crippen LogP contribution in [0.3, 0.4) is 0 Å². The van der Waals surface area contributed by atoms with Crippen molar-refractivity contribution >= 4 is 37.5 Å². The molecule has 0 atom stereocenters. The van der Waals surface area contributed by atoms with Crippen LogP contribution in [-0.4, -0.2) is 70.3 Å². The number of nitrogens with zero attached hydrogens (tertiary/aromatic N) is 3. The molecule has 2 aromatic carbocycles. The number of amides is 1. The average molecular weight is 532 g/mol. The van der Waals surface area contributed by atoms with Crippen molar-refractivity contribution in [3.05, 3.63) is 52.8 Å². The zero-order valence-corrected chi connectivity index (χ0v) is 22.1. The molecule has 0 aliphatic heterocycles. The van der Waals surface area contributed by atoms with Gasteiger partial charge in [0.2, 0.25) is 10.0 Å². The van der Waals surface area contributed by atoms with Crippen LogP contribution >= 0.6 is 11.3 Å². The van der Waals surface area contributed by atoms with Gasteiger partial charge in [-0.1, -0.05) is 23.3 Å². The molecule has 0 aliphatic rings. The van der Waals surface area contributed by atoms with E-state index in [4.69, 9.17) is 20.6 Å². The van der Waals surface area contributed by atoms with Gasteiger partial charge in [0.25, 0.3) is 5.91 Å². The Morgan fingerprint density at radius 2 is 1.78 bits per heavy atom. The van der Waals surface area contributed by atoms with Crippen LogP contribution in [0, 0.1) is 12.3 Å². The first-order chi connectivity index (χ1) is 17.4. The van der Waals surface area contributed by atoms with E-state index in [1.54, 1.807) is 4.57 Å². The minimum absolute atomic E-state index is 0.0665. The van der Waals surface area contributed by atoms with Crippen molar-refractivity contribution in [3.8, 4) is 18.1 Å². The van der Waals surface area contributed by atoms with Crippen molar-refractivity contribution in [3.63, 3.8) is 0 Å². The number of fused-ring (bicyclic) bond motifs is 1. The van der Waals surface area contributed by atoms with Crippen LogP contribution in [0.15, 0.2) is 52.4 Å². The highest BCUT2D eigenvalue weighted by Crippen LogP contribution is 2.27. The number of terminal acetylenes is 1. The summed E-state index contributed by atoms with van der Waals surface area (Å²) in [5.41, 5.74) is 1.03. The quantitative estimate of drug-likeness (QED) is 0.333. The molecular weight excluding hydrogens is 502 g/mol. The molecule has 0 N–H and O–H groups in total. The van der Waals surface area contributed by atoms with Crippen LogP contribution in [0.2, 0.25) is 0 Å². The molecule has 0 bridgehead atoms. The van der Waals surface area contributed by atoms with E-state index in [1.807, 2.05) is 25.1 Å². The zero-order chi connectivity index (χ0) is 26.1. The van der Waals surface area contributed by atoms with Crippen molar-refractivity contribution in [2.75, 3.05) is 47.1 Å². The van der Waals surface area contributed by atoms with Gasteiger partial charge in [-0.3, -0.25) is 4.79 Å². The second-order valence-corrected chi connectivity index (χ2v) is 10.5. The molecule has 0 unspecified atom stereocenters. The standard InChI is InChI=1S/C25H29N3O6S2/c1-5-14-28-23-21(34-6-2)8-7-9-22(23)35-25(28)26-24(29)19-10-12-20(13-11-19)36(30,31)27(15-17-32-3)16-18-33-4/h1,7-13H,6,14-18H2,2-4H3. The summed E-state index contributed by atoms with van der Waals surface area (Å²) < 4.78 is 45.9. The third kappa shape index (κ3) is 6.21. The summed E-state index contributed by atoms with van der Waals surface area (Å²) in [4.78, 5) is 17.8. The van der Waals surface area contributed by atoms with E-state index in [0.717, 1.165) is 10.2 Å². The lowest BCUT2D eigenvalue weighted by Gasteiger charge is -2.21. The summed E-state index contributed by atoms with van der Waals surface area (Å²) in [5, 5.41) is 0. The molecule has 0 saturated heterocycles. The van der Waals surface area contributed by atoms with Gasteiger partial charge in [-0.2, -0.15) is 9.30 Å². The lowest BCUT2D eigenvalue weighted by molar-refractivity contribution is 0.0997. The predicted molar refractivity (Wildman–Crippen MR) is 139 cm³/mol. The molecule has 1 amide bonds. The molecule has 0 fully saturated rings. The number of benzene rings is 2. The highest BCUT2D eigenvalue weighted by Gasteiger charge is 2.24. The molecule has 3 aromatic rings. The number of ether oxygens (including phenoxy) is 3. The van der Waals surface area contributed by atoms with E-state index in [1.165, 1.54) is 54.1 Å². The molecule has 0 aliphatic carbocycles. The van der Waals surface area contributed by atoms with Crippen LogP contribution in [0.25, 0.3) is 10.2 Å². The molecule has 1 aromatic heterocycles. The maximum absolute atomic E-state index is 13.1. The Morgan fingerprint density at radius 3 is 2.36 bits per heavy atom. The molecule has 36 heavy (non-hydrogen) atoms. The number of hydrogen-bond donors (Lipinski definition) is 0. The Morgan fingerprint density at radius 1 is 1.11 bits per heavy atom. The molecule has 0 saturated carbocycles. The molecule has 1 heterocycles. The van der Waals surface area contributed by atoms with Crippen molar-refractivity contribution in [2.24, 2.45) is 4.99 Å². The summed E-state index contributed by atoms with van der Waals surface area (Å²) in [6.07, 6.45) is 5.58. The van der Waals surface area contributed by atoms with E-state index in [9.17, 15) is 13.2 Å². The summed E-state index contributed by atoms with van der Waals surface area (Å²) in [6, 6.07) is 11.3. The summed E-state index contributed by atoms with van der Waals surface area (Å²) >= 11 is 1.33. The molecule has 9 nitrogen and oxygen atoms in total. The van der Waals surface area contributed by atoms with Gasteiger partial charge < -0.3 is 18.8 Å². The van der Waals surface area contributed by atoms with Crippen LogP contribution in [0.4, 0.5) is 0 Å². The number of carbonyl (C=O) groups is 1. The maximum atomic E-state index is 13.1. The van der Waals surface area contributed by atoms with Gasteiger partial charge in [0.05, 0.1) is 36.0 Å². The smallest absolute Gasteiger partial charge is 0.279 e. The van der Waals surface area contributed by atoms with Crippen LogP contribution in [0.5, 0.6) is 5.75 Å². The van der Waals surface area contributed by atoms with Crippen molar-refractivity contribution < 1.29 is 27.4 Å². The Hall–Kier alpha value is -3.01. The number of methoxy groups -OCH3 is 2. The number of para-hydroxylation sites is 1. The number of carbonyl (C=O) groups excluding carboxylic acids is 1. The molecular formula is C25H29N3O6S2. The van der Waals surface area contributed by atoms with E-state index >= 15 is 0 Å². The van der Waals surface area contributed by atoms with E-state index in [-0.39, 0.29) is 43.3 Å². The molecule has 3 rings (SSSR count). The monoisotopic (exact) mass is 531 g/mol. The number of sulfonamides is 1. The third-order valence-corrected chi connectivity index (χ3v) is 8.20. The zero-order valence-electron chi connectivity index (χ0n) is 20.5. The summed E-state index contributed by atoms with van der Waals surface area (Å²) in [6.45, 7) is 3.45. The van der Waals surface area contributed by atoms with Crippen LogP contribution < -0.4 is 9.54 Å². The highest BCUT2D eigenvalue weighted by molar-refractivity contribution is 7.89. The molecule has 0 radical (unpaired) electrons. The fraction of sp³-hybridized carbons (Fsp3) is 0.360. The second-order valence-electron chi connectivity index (χ2n) is 7.54. The Labute approximate surface area is 215 Å². The first kappa shape index (κ1) is 27.6. The lowest BCUT2D eigenvalue weighted by Crippen LogP contribution is -2.36. The van der Waals surface area contributed by atoms with E-state index in [2.05, 4.69) is 10.9 Å². The number of hydrogen-bond acceptors (Lipinski definition) is 7. The van der Waals surface area contributed by atoms with Crippen molar-refractivity contribution in [1.29, 1.82) is 0 Å². The molecule has 192 valence electrons. The average Bonchev–Trinajstić information content (AvgIpc) is 3.22. The van der Waals surface area contributed by atoms with Crippen LogP contribution in [0.1, 0.15) is 17.3 Å². The Kier molecular flexibility index (Phi) is 9.81. The minimum atomic E-state index is -3.80. The highest BCUT2D eigenvalue weighted by atomic mass is 32.2. The number of thiazole rings is 1. The summed E-state index contributed by atoms with van der Waals surface area (Å²) in [7, 11) is -0.782. The fourth-order valence-corrected chi connectivity index (χ4v) is 5.95. The normalized spacial score (nSPS) is 12.2. The van der Waals surface area contributed by atoms with E-state index in [0.29, 0.717) is 17.2 Å². The minimum Gasteiger partial charge on any atom is -0.492 e. The third-order valence-electron chi connectivity index (χ3n) is 5.24. The van der Waals surface area contributed by atoms with Gasteiger partial charge in [-0.05, 0) is 43.3 Å². The number of rotatable bonds is 12. The van der Waals surface area contributed by atoms with Gasteiger partial charge >= 0.3 is 0 Å². The Bertz CT molecular complexity index is 1390. The van der Waals surface area contributed by atoms with Crippen molar-refractivity contribution in [1.82, 2.24) is 8.87 Å². The van der Waals surface area contributed by atoms with Gasteiger partial charge in [-0.15, -0.1) is 6.42 Å². The topological polar surface area (TPSA) is 99.4 Å². The van der Waals surface area contributed by atoms with Crippen LogP contribution in [-0.2, 0) is 26.0 Å². The molecule has 11 heteroatoms. The first-order valence-electron chi connectivity index (χ1n) is 11.2. The largest absolute Gasteiger partial charge is 0.492 e. The molecule has 0 spiro atoms. The predicted octanol–water partition coefficient (Wildman–Crippen LogP) is 2.76. The summed E-state index contributed by atoms with van der Waals surface area (Å²) in [5.74, 6) is 2.76. The van der Waals surface area contributed by atoms with Crippen molar-refractivity contribution in [2.45, 2.75) is 18.4 Å². The fourth-order valence-electron chi connectivity index (χ4n) is 3.50. The SMILES string of the molecule is C#CCn1c(=NC(=O)c2ccc(S(=O)(=O)N(CCOC)CCOC)cc2)sc2cccc(OCC)c21. The van der Waals surface area contributed by atoms with Gasteiger partial charge in [0.1, 0.15) is 11.3 Å².